The average molecular weight is 400 g/mol. The highest BCUT2D eigenvalue weighted by Gasteiger charge is 2.26. The van der Waals surface area contributed by atoms with Crippen LogP contribution in [0.3, 0.4) is 0 Å². The van der Waals surface area contributed by atoms with Gasteiger partial charge in [0.1, 0.15) is 11.6 Å². The number of carbonyl (C=O) groups is 1. The van der Waals surface area contributed by atoms with Gasteiger partial charge >= 0.3 is 5.97 Å². The smallest absolute Gasteiger partial charge is 0.338 e. The maximum Gasteiger partial charge on any atom is 0.338 e. The van der Waals surface area contributed by atoms with Crippen molar-refractivity contribution in [2.24, 2.45) is 0 Å². The predicted octanol–water partition coefficient (Wildman–Crippen LogP) is 3.73. The first-order valence-electron chi connectivity index (χ1n) is 9.87. The molecule has 0 spiro atoms. The summed E-state index contributed by atoms with van der Waals surface area (Å²) in [6, 6.07) is 9.32. The van der Waals surface area contributed by atoms with E-state index >= 15 is 0 Å². The number of hydrogen-bond acceptors (Lipinski definition) is 7. The Morgan fingerprint density at radius 3 is 2.79 bits per heavy atom. The highest BCUT2D eigenvalue weighted by molar-refractivity contribution is 5.90. The van der Waals surface area contributed by atoms with E-state index in [0.29, 0.717) is 37.7 Å². The van der Waals surface area contributed by atoms with Gasteiger partial charge in [-0.3, -0.25) is 0 Å². The first kappa shape index (κ1) is 21.1. The van der Waals surface area contributed by atoms with E-state index in [0.717, 1.165) is 29.7 Å². The number of esters is 1. The summed E-state index contributed by atoms with van der Waals surface area (Å²) in [5.74, 6) is 1.07. The van der Waals surface area contributed by atoms with Gasteiger partial charge in [0.15, 0.2) is 6.29 Å². The highest BCUT2D eigenvalue weighted by atomic mass is 16.7. The summed E-state index contributed by atoms with van der Waals surface area (Å²) in [6.07, 6.45) is 3.22. The second-order valence-electron chi connectivity index (χ2n) is 6.85. The van der Waals surface area contributed by atoms with Gasteiger partial charge in [-0.25, -0.2) is 9.78 Å². The topological polar surface area (TPSA) is 70.1 Å². The van der Waals surface area contributed by atoms with Crippen LogP contribution in [-0.2, 0) is 20.8 Å². The minimum atomic E-state index is -0.439. The lowest BCUT2D eigenvalue weighted by Crippen LogP contribution is -2.20. The molecule has 2 heterocycles. The molecule has 0 amide bonds. The molecule has 1 saturated heterocycles. The van der Waals surface area contributed by atoms with Crippen LogP contribution in [0.2, 0.25) is 0 Å². The third kappa shape index (κ3) is 5.25. The number of benzene rings is 1. The lowest BCUT2D eigenvalue weighted by Gasteiger charge is -2.24. The quantitative estimate of drug-likeness (QED) is 0.469. The first-order chi connectivity index (χ1) is 14.1. The van der Waals surface area contributed by atoms with Crippen molar-refractivity contribution in [2.75, 3.05) is 38.9 Å². The summed E-state index contributed by atoms with van der Waals surface area (Å²) in [5, 5.41) is 0. The Morgan fingerprint density at radius 1 is 1.28 bits per heavy atom. The van der Waals surface area contributed by atoms with Crippen LogP contribution in [0, 0.1) is 0 Å². The largest absolute Gasteiger partial charge is 0.493 e. The molecule has 1 aromatic carbocycles. The minimum Gasteiger partial charge on any atom is -0.493 e. The van der Waals surface area contributed by atoms with Crippen LogP contribution in [0.4, 0.5) is 5.82 Å². The number of unbranched alkanes of at least 4 members (excludes halogenated alkanes) is 1. The normalized spacial score (nSPS) is 14.0. The molecule has 1 aromatic heterocycles. The molecule has 3 rings (SSSR count). The standard InChI is InChI=1S/C22H28N2O5/c1-4-5-11-27-18-8-6-7-17(20(18)22-28-12-13-29-22)15-24(2)19-14-16(9-10-23-19)21(25)26-3/h6-10,14,22H,4-5,11-13,15H2,1-3H3. The average Bonchev–Trinajstić information content (AvgIpc) is 3.28. The molecule has 0 saturated carbocycles. The molecule has 7 nitrogen and oxygen atoms in total. The van der Waals surface area contributed by atoms with Crippen molar-refractivity contribution in [3.63, 3.8) is 0 Å². The SMILES string of the molecule is CCCCOc1cccc(CN(C)c2cc(C(=O)OC)ccn2)c1C1OCCO1. The number of ether oxygens (including phenoxy) is 4. The van der Waals surface area contributed by atoms with Crippen LogP contribution in [0.1, 0.15) is 47.5 Å². The molecule has 0 atom stereocenters. The molecule has 29 heavy (non-hydrogen) atoms. The van der Waals surface area contributed by atoms with E-state index in [1.807, 2.05) is 30.1 Å². The van der Waals surface area contributed by atoms with Crippen molar-refractivity contribution >= 4 is 11.8 Å². The van der Waals surface area contributed by atoms with Gasteiger partial charge in [0.2, 0.25) is 0 Å². The lowest BCUT2D eigenvalue weighted by molar-refractivity contribution is -0.0463. The zero-order valence-corrected chi connectivity index (χ0v) is 17.2. The molecular formula is C22H28N2O5. The van der Waals surface area contributed by atoms with E-state index in [9.17, 15) is 4.79 Å². The summed E-state index contributed by atoms with van der Waals surface area (Å²) >= 11 is 0. The number of pyridine rings is 1. The third-order valence-corrected chi connectivity index (χ3v) is 4.73. The van der Waals surface area contributed by atoms with Crippen LogP contribution >= 0.6 is 0 Å². The monoisotopic (exact) mass is 400 g/mol. The Kier molecular flexibility index (Phi) is 7.43. The van der Waals surface area contributed by atoms with Crippen molar-refractivity contribution in [3.05, 3.63) is 53.2 Å². The van der Waals surface area contributed by atoms with Gasteiger partial charge in [0, 0.05) is 19.8 Å². The molecule has 2 aromatic rings. The Hall–Kier alpha value is -2.64. The fraction of sp³-hybridized carbons (Fsp3) is 0.455. The number of carbonyl (C=O) groups excluding carboxylic acids is 1. The van der Waals surface area contributed by atoms with Crippen molar-refractivity contribution in [2.45, 2.75) is 32.6 Å². The van der Waals surface area contributed by atoms with E-state index in [2.05, 4.69) is 11.9 Å². The number of nitrogens with zero attached hydrogens (tertiary/aromatic N) is 2. The molecule has 156 valence electrons. The van der Waals surface area contributed by atoms with Crippen molar-refractivity contribution < 1.29 is 23.7 Å². The third-order valence-electron chi connectivity index (χ3n) is 4.73. The zero-order chi connectivity index (χ0) is 20.6. The molecule has 1 fully saturated rings. The van der Waals surface area contributed by atoms with Gasteiger partial charge in [-0.15, -0.1) is 0 Å². The second kappa shape index (κ2) is 10.2. The van der Waals surface area contributed by atoms with Crippen molar-refractivity contribution in [1.82, 2.24) is 4.98 Å². The van der Waals surface area contributed by atoms with Gasteiger partial charge in [-0.05, 0) is 30.2 Å². The van der Waals surface area contributed by atoms with Gasteiger partial charge in [-0.2, -0.15) is 0 Å². The van der Waals surface area contributed by atoms with E-state index in [1.54, 1.807) is 18.3 Å². The summed E-state index contributed by atoms with van der Waals surface area (Å²) in [7, 11) is 3.29. The Bertz CT molecular complexity index is 821. The fourth-order valence-electron chi connectivity index (χ4n) is 3.18. The van der Waals surface area contributed by atoms with E-state index < -0.39 is 6.29 Å². The van der Waals surface area contributed by atoms with E-state index in [1.165, 1.54) is 7.11 Å². The highest BCUT2D eigenvalue weighted by Crippen LogP contribution is 2.35. The van der Waals surface area contributed by atoms with Crippen LogP contribution in [0.15, 0.2) is 36.5 Å². The van der Waals surface area contributed by atoms with Gasteiger partial charge in [0.25, 0.3) is 0 Å². The summed E-state index contributed by atoms with van der Waals surface area (Å²) in [5.41, 5.74) is 2.40. The maximum atomic E-state index is 11.8. The summed E-state index contributed by atoms with van der Waals surface area (Å²) in [4.78, 5) is 18.2. The number of anilines is 1. The molecule has 1 aliphatic heterocycles. The zero-order valence-electron chi connectivity index (χ0n) is 17.2. The molecular weight excluding hydrogens is 372 g/mol. The summed E-state index contributed by atoms with van der Waals surface area (Å²) in [6.45, 7) is 4.46. The maximum absolute atomic E-state index is 11.8. The van der Waals surface area contributed by atoms with Gasteiger partial charge < -0.3 is 23.8 Å². The molecule has 7 heteroatoms. The Balaban J connectivity index is 1.85. The first-order valence-corrected chi connectivity index (χ1v) is 9.87. The van der Waals surface area contributed by atoms with E-state index in [4.69, 9.17) is 18.9 Å². The number of methoxy groups -OCH3 is 1. The molecule has 1 aliphatic rings. The molecule has 0 aliphatic carbocycles. The molecule has 0 unspecified atom stereocenters. The molecule has 0 bridgehead atoms. The fourth-order valence-corrected chi connectivity index (χ4v) is 3.18. The summed E-state index contributed by atoms with van der Waals surface area (Å²) < 4.78 is 22.4. The predicted molar refractivity (Wildman–Crippen MR) is 109 cm³/mol. The van der Waals surface area contributed by atoms with E-state index in [-0.39, 0.29) is 5.97 Å². The minimum absolute atomic E-state index is 0.387. The van der Waals surface area contributed by atoms with Gasteiger partial charge in [0.05, 0.1) is 38.1 Å². The van der Waals surface area contributed by atoms with Crippen molar-refractivity contribution in [1.29, 1.82) is 0 Å². The number of rotatable bonds is 9. The number of hydrogen-bond donors (Lipinski definition) is 0. The van der Waals surface area contributed by atoms with Crippen molar-refractivity contribution in [3.8, 4) is 5.75 Å². The Labute approximate surface area is 171 Å². The van der Waals surface area contributed by atoms with Crippen LogP contribution in [0.25, 0.3) is 0 Å². The molecule has 0 radical (unpaired) electrons. The van der Waals surface area contributed by atoms with Crippen LogP contribution in [-0.4, -0.2) is 44.9 Å². The molecule has 0 N–H and O–H groups in total. The van der Waals surface area contributed by atoms with Crippen LogP contribution in [0.5, 0.6) is 5.75 Å². The second-order valence-corrected chi connectivity index (χ2v) is 6.85. The Morgan fingerprint density at radius 2 is 2.07 bits per heavy atom. The lowest BCUT2D eigenvalue weighted by atomic mass is 10.0. The van der Waals surface area contributed by atoms with Gasteiger partial charge in [-0.1, -0.05) is 25.5 Å². The number of aromatic nitrogens is 1. The van der Waals surface area contributed by atoms with Crippen LogP contribution < -0.4 is 9.64 Å².